The summed E-state index contributed by atoms with van der Waals surface area (Å²) in [6.07, 6.45) is 8.94. The van der Waals surface area contributed by atoms with E-state index < -0.39 is 0 Å². The van der Waals surface area contributed by atoms with Gasteiger partial charge in [0.15, 0.2) is 0 Å². The maximum Gasteiger partial charge on any atom is 0.308 e. The molecule has 0 bridgehead atoms. The molecule has 80 valence electrons. The van der Waals surface area contributed by atoms with E-state index in [0.29, 0.717) is 5.92 Å². The Hall–Kier alpha value is -0.530. The van der Waals surface area contributed by atoms with Crippen LogP contribution in [0.2, 0.25) is 0 Å². The normalized spacial score (nSPS) is 35.4. The smallest absolute Gasteiger partial charge is 0.308 e. The highest BCUT2D eigenvalue weighted by Gasteiger charge is 2.32. The lowest BCUT2D eigenvalue weighted by Gasteiger charge is -2.34. The molecule has 2 fully saturated rings. The van der Waals surface area contributed by atoms with Gasteiger partial charge in [-0.25, -0.2) is 0 Å². The molecule has 0 amide bonds. The second kappa shape index (κ2) is 4.33. The van der Waals surface area contributed by atoms with Crippen LogP contribution in [-0.4, -0.2) is 12.1 Å². The summed E-state index contributed by atoms with van der Waals surface area (Å²) in [6, 6.07) is 0. The molecule has 2 rings (SSSR count). The van der Waals surface area contributed by atoms with Crippen LogP contribution in [0.3, 0.4) is 0 Å². The quantitative estimate of drug-likeness (QED) is 0.603. The van der Waals surface area contributed by atoms with Crippen LogP contribution in [0.25, 0.3) is 0 Å². The minimum absolute atomic E-state index is 0.0341. The average Bonchev–Trinajstić information content (AvgIpc) is 2.23. The van der Waals surface area contributed by atoms with Crippen molar-refractivity contribution in [3.8, 4) is 0 Å². The third-order valence-electron chi connectivity index (χ3n) is 3.73. The topological polar surface area (TPSA) is 26.3 Å². The zero-order chi connectivity index (χ0) is 9.97. The molecule has 0 spiro atoms. The molecule has 0 N–H and O–H groups in total. The Bertz CT molecular complexity index is 206. The summed E-state index contributed by atoms with van der Waals surface area (Å²) < 4.78 is 5.50. The van der Waals surface area contributed by atoms with Gasteiger partial charge in [0.25, 0.3) is 0 Å². The largest absolute Gasteiger partial charge is 0.462 e. The van der Waals surface area contributed by atoms with Gasteiger partial charge in [-0.05, 0) is 31.6 Å². The highest BCUT2D eigenvalue weighted by molar-refractivity contribution is 5.72. The Morgan fingerprint density at radius 2 is 1.79 bits per heavy atom. The predicted octanol–water partition coefficient (Wildman–Crippen LogP) is 2.91. The van der Waals surface area contributed by atoms with Gasteiger partial charge in [0, 0.05) is 0 Å². The van der Waals surface area contributed by atoms with E-state index in [1.807, 2.05) is 6.92 Å². The zero-order valence-corrected chi connectivity index (χ0v) is 9.00. The molecule has 1 saturated carbocycles. The van der Waals surface area contributed by atoms with Crippen LogP contribution < -0.4 is 0 Å². The first-order valence-corrected chi connectivity index (χ1v) is 5.98. The first kappa shape index (κ1) is 10.0. The number of ether oxygens (including phenoxy) is 1. The van der Waals surface area contributed by atoms with Crippen molar-refractivity contribution in [2.45, 2.75) is 58.0 Å². The summed E-state index contributed by atoms with van der Waals surface area (Å²) in [5.41, 5.74) is 0. The van der Waals surface area contributed by atoms with Crippen LogP contribution in [0, 0.1) is 11.8 Å². The molecule has 14 heavy (non-hydrogen) atoms. The summed E-state index contributed by atoms with van der Waals surface area (Å²) in [7, 11) is 0. The monoisotopic (exact) mass is 196 g/mol. The molecule has 2 heteroatoms. The predicted molar refractivity (Wildman–Crippen MR) is 54.9 cm³/mol. The van der Waals surface area contributed by atoms with Crippen molar-refractivity contribution < 1.29 is 9.53 Å². The van der Waals surface area contributed by atoms with Crippen molar-refractivity contribution in [1.29, 1.82) is 0 Å². The van der Waals surface area contributed by atoms with Crippen molar-refractivity contribution in [2.24, 2.45) is 11.8 Å². The van der Waals surface area contributed by atoms with Gasteiger partial charge < -0.3 is 4.74 Å². The molecular formula is C12H20O2. The Morgan fingerprint density at radius 3 is 2.43 bits per heavy atom. The van der Waals surface area contributed by atoms with E-state index in [9.17, 15) is 4.79 Å². The summed E-state index contributed by atoms with van der Waals surface area (Å²) in [5.74, 6) is 0.835. The molecule has 1 aliphatic heterocycles. The van der Waals surface area contributed by atoms with Crippen LogP contribution in [0.5, 0.6) is 0 Å². The van der Waals surface area contributed by atoms with Crippen LogP contribution in [-0.2, 0) is 9.53 Å². The van der Waals surface area contributed by atoms with Crippen LogP contribution in [0.4, 0.5) is 0 Å². The molecule has 0 aromatic heterocycles. The van der Waals surface area contributed by atoms with Crippen molar-refractivity contribution in [3.05, 3.63) is 0 Å². The minimum Gasteiger partial charge on any atom is -0.462 e. The number of carbonyl (C=O) groups is 1. The number of hydrogen-bond donors (Lipinski definition) is 0. The molecule has 0 aromatic carbocycles. The van der Waals surface area contributed by atoms with Gasteiger partial charge in [-0.2, -0.15) is 0 Å². The van der Waals surface area contributed by atoms with Gasteiger partial charge in [-0.1, -0.05) is 26.2 Å². The second-order valence-electron chi connectivity index (χ2n) is 4.85. The Labute approximate surface area is 86.0 Å². The van der Waals surface area contributed by atoms with E-state index in [-0.39, 0.29) is 18.0 Å². The van der Waals surface area contributed by atoms with E-state index in [4.69, 9.17) is 4.74 Å². The molecule has 2 nitrogen and oxygen atoms in total. The molecule has 1 heterocycles. The van der Waals surface area contributed by atoms with Gasteiger partial charge in [-0.15, -0.1) is 0 Å². The van der Waals surface area contributed by atoms with Gasteiger partial charge in [0.05, 0.1) is 5.92 Å². The van der Waals surface area contributed by atoms with E-state index in [1.54, 1.807) is 0 Å². The van der Waals surface area contributed by atoms with Gasteiger partial charge >= 0.3 is 5.97 Å². The first-order valence-electron chi connectivity index (χ1n) is 5.98. The molecule has 2 unspecified atom stereocenters. The van der Waals surface area contributed by atoms with Crippen molar-refractivity contribution in [2.75, 3.05) is 0 Å². The van der Waals surface area contributed by atoms with Crippen LogP contribution in [0.15, 0.2) is 0 Å². The van der Waals surface area contributed by atoms with Gasteiger partial charge in [-0.3, -0.25) is 4.79 Å². The lowest BCUT2D eigenvalue weighted by atomic mass is 9.82. The first-order chi connectivity index (χ1) is 6.77. The maximum atomic E-state index is 11.4. The second-order valence-corrected chi connectivity index (χ2v) is 4.85. The van der Waals surface area contributed by atoms with E-state index in [1.165, 1.54) is 32.1 Å². The summed E-state index contributed by atoms with van der Waals surface area (Å²) >= 11 is 0. The molecule has 2 aliphatic rings. The lowest BCUT2D eigenvalue weighted by molar-refractivity contribution is -0.163. The number of esters is 1. The lowest BCUT2D eigenvalue weighted by Crippen LogP contribution is -2.35. The third kappa shape index (κ3) is 2.10. The number of hydrogen-bond acceptors (Lipinski definition) is 2. The fraction of sp³-hybridized carbons (Fsp3) is 0.917. The summed E-state index contributed by atoms with van der Waals surface area (Å²) in [5, 5.41) is 0. The minimum atomic E-state index is 0.0341. The van der Waals surface area contributed by atoms with E-state index >= 15 is 0 Å². The fourth-order valence-corrected chi connectivity index (χ4v) is 2.69. The Kier molecular flexibility index (Phi) is 3.09. The summed E-state index contributed by atoms with van der Waals surface area (Å²) in [4.78, 5) is 11.4. The van der Waals surface area contributed by atoms with Crippen molar-refractivity contribution >= 4 is 5.97 Å². The summed E-state index contributed by atoms with van der Waals surface area (Å²) in [6.45, 7) is 1.97. The van der Waals surface area contributed by atoms with Crippen molar-refractivity contribution in [3.63, 3.8) is 0 Å². The molecule has 1 saturated heterocycles. The Balaban J connectivity index is 1.88. The molecule has 1 aliphatic carbocycles. The van der Waals surface area contributed by atoms with E-state index in [2.05, 4.69) is 0 Å². The molecule has 2 atom stereocenters. The Morgan fingerprint density at radius 1 is 1.07 bits per heavy atom. The van der Waals surface area contributed by atoms with Gasteiger partial charge in [0.1, 0.15) is 6.10 Å². The average molecular weight is 196 g/mol. The van der Waals surface area contributed by atoms with Crippen molar-refractivity contribution in [1.82, 2.24) is 0 Å². The maximum absolute atomic E-state index is 11.4. The number of cyclic esters (lactones) is 1. The molecule has 0 radical (unpaired) electrons. The number of carbonyl (C=O) groups excluding carboxylic acids is 1. The van der Waals surface area contributed by atoms with E-state index in [0.717, 1.165) is 12.8 Å². The van der Waals surface area contributed by atoms with Gasteiger partial charge in [0.2, 0.25) is 0 Å². The standard InChI is InChI=1S/C12H20O2/c1-9-7-8-11(14-12(9)13)10-5-3-2-4-6-10/h9-11H,2-8H2,1H3. The highest BCUT2D eigenvalue weighted by atomic mass is 16.5. The zero-order valence-electron chi connectivity index (χ0n) is 9.00. The third-order valence-corrected chi connectivity index (χ3v) is 3.73. The van der Waals surface area contributed by atoms with Crippen LogP contribution >= 0.6 is 0 Å². The fourth-order valence-electron chi connectivity index (χ4n) is 2.69. The SMILES string of the molecule is CC1CCC(C2CCCCC2)OC1=O. The molecule has 0 aromatic rings. The molecular weight excluding hydrogens is 176 g/mol. The van der Waals surface area contributed by atoms with Crippen LogP contribution in [0.1, 0.15) is 51.9 Å². The highest BCUT2D eigenvalue weighted by Crippen LogP contribution is 2.33. The number of rotatable bonds is 1.